The molecule has 1 aliphatic heterocycles. The third-order valence-electron chi connectivity index (χ3n) is 3.99. The summed E-state index contributed by atoms with van der Waals surface area (Å²) in [6.07, 6.45) is 0.914. The van der Waals surface area contributed by atoms with Crippen LogP contribution in [-0.2, 0) is 6.42 Å². The molecule has 0 spiro atoms. The Morgan fingerprint density at radius 2 is 1.96 bits per heavy atom. The van der Waals surface area contributed by atoms with Crippen molar-refractivity contribution in [2.75, 3.05) is 12.3 Å². The number of amides is 1. The maximum absolute atomic E-state index is 14.0. The van der Waals surface area contributed by atoms with E-state index < -0.39 is 17.0 Å². The molecule has 1 atom stereocenters. The summed E-state index contributed by atoms with van der Waals surface area (Å²) in [6.45, 7) is 2.61. The van der Waals surface area contributed by atoms with Crippen molar-refractivity contribution in [2.45, 2.75) is 18.7 Å². The van der Waals surface area contributed by atoms with E-state index in [1.54, 1.807) is 4.90 Å². The zero-order valence-corrected chi connectivity index (χ0v) is 13.6. The predicted molar refractivity (Wildman–Crippen MR) is 88.4 cm³/mol. The van der Waals surface area contributed by atoms with E-state index in [2.05, 4.69) is 6.92 Å². The normalized spacial score (nSPS) is 17.5. The molecule has 0 aliphatic carbocycles. The number of hydrogen-bond donors (Lipinski definition) is 0. The quantitative estimate of drug-likeness (QED) is 0.829. The van der Waals surface area contributed by atoms with E-state index in [1.807, 2.05) is 24.3 Å². The van der Waals surface area contributed by atoms with Crippen LogP contribution in [-0.4, -0.2) is 23.1 Å². The zero-order chi connectivity index (χ0) is 16.4. The number of aryl methyl sites for hydroxylation is 1. The van der Waals surface area contributed by atoms with E-state index in [4.69, 9.17) is 0 Å². The van der Waals surface area contributed by atoms with Gasteiger partial charge >= 0.3 is 0 Å². The molecule has 0 saturated carbocycles. The van der Waals surface area contributed by atoms with Gasteiger partial charge in [-0.1, -0.05) is 25.1 Å². The largest absolute Gasteiger partial charge is 0.322 e. The molecule has 0 radical (unpaired) electrons. The van der Waals surface area contributed by atoms with Gasteiger partial charge in [0.2, 0.25) is 0 Å². The van der Waals surface area contributed by atoms with Gasteiger partial charge in [0.05, 0.1) is 0 Å². The molecule has 120 valence electrons. The molecular formula is C18H17F2NOS. The summed E-state index contributed by atoms with van der Waals surface area (Å²) in [7, 11) is 0. The molecule has 0 bridgehead atoms. The lowest BCUT2D eigenvalue weighted by atomic mass is 10.1. The minimum atomic E-state index is -0.609. The van der Waals surface area contributed by atoms with Crippen LogP contribution >= 0.6 is 11.8 Å². The Bertz CT molecular complexity index is 717. The molecule has 1 fully saturated rings. The molecule has 1 unspecified atom stereocenters. The van der Waals surface area contributed by atoms with Crippen molar-refractivity contribution < 1.29 is 13.6 Å². The predicted octanol–water partition coefficient (Wildman–Crippen LogP) is 4.42. The molecule has 2 nitrogen and oxygen atoms in total. The maximum Gasteiger partial charge on any atom is 0.255 e. The first-order chi connectivity index (χ1) is 11.1. The topological polar surface area (TPSA) is 20.3 Å². The average molecular weight is 333 g/mol. The van der Waals surface area contributed by atoms with Gasteiger partial charge in [0.15, 0.2) is 0 Å². The molecule has 1 amide bonds. The van der Waals surface area contributed by atoms with Crippen LogP contribution in [0.2, 0.25) is 0 Å². The second kappa shape index (κ2) is 6.71. The highest BCUT2D eigenvalue weighted by molar-refractivity contribution is 7.99. The van der Waals surface area contributed by atoms with Crippen molar-refractivity contribution in [3.63, 3.8) is 0 Å². The summed E-state index contributed by atoms with van der Waals surface area (Å²) in [6, 6.07) is 11.0. The van der Waals surface area contributed by atoms with Gasteiger partial charge in [-0.15, -0.1) is 11.8 Å². The van der Waals surface area contributed by atoms with Gasteiger partial charge in [0.25, 0.3) is 5.91 Å². The summed E-state index contributed by atoms with van der Waals surface area (Å²) >= 11 is 1.50. The zero-order valence-electron chi connectivity index (χ0n) is 12.8. The van der Waals surface area contributed by atoms with Crippen LogP contribution in [0.4, 0.5) is 8.78 Å². The van der Waals surface area contributed by atoms with E-state index in [9.17, 15) is 13.6 Å². The monoisotopic (exact) mass is 333 g/mol. The molecular weight excluding hydrogens is 316 g/mol. The van der Waals surface area contributed by atoms with Crippen LogP contribution in [0.1, 0.15) is 33.8 Å². The third-order valence-corrected chi connectivity index (χ3v) is 5.23. The van der Waals surface area contributed by atoms with E-state index in [0.29, 0.717) is 17.7 Å². The average Bonchev–Trinajstić information content (AvgIpc) is 3.03. The van der Waals surface area contributed by atoms with Gasteiger partial charge < -0.3 is 4.90 Å². The SMILES string of the molecule is CCc1ccc(C(=O)N2CCSC2c2ccc(F)cc2F)cc1. The van der Waals surface area contributed by atoms with E-state index in [0.717, 1.165) is 18.2 Å². The summed E-state index contributed by atoms with van der Waals surface area (Å²) < 4.78 is 27.1. The Morgan fingerprint density at radius 3 is 2.61 bits per heavy atom. The molecule has 23 heavy (non-hydrogen) atoms. The number of rotatable bonds is 3. The molecule has 2 aromatic carbocycles. The summed E-state index contributed by atoms with van der Waals surface area (Å²) in [4.78, 5) is 14.4. The minimum absolute atomic E-state index is 0.119. The number of carbonyl (C=O) groups excluding carboxylic acids is 1. The standard InChI is InChI=1S/C18H17F2NOS/c1-2-12-3-5-13(6-4-12)17(22)21-9-10-23-18(21)15-8-7-14(19)11-16(15)20/h3-8,11,18H,2,9-10H2,1H3. The Hall–Kier alpha value is -1.88. The molecule has 1 heterocycles. The second-order valence-corrected chi connectivity index (χ2v) is 6.63. The smallest absolute Gasteiger partial charge is 0.255 e. The number of nitrogens with zero attached hydrogens (tertiary/aromatic N) is 1. The molecule has 2 aromatic rings. The number of hydrogen-bond acceptors (Lipinski definition) is 2. The second-order valence-electron chi connectivity index (χ2n) is 5.44. The number of thioether (sulfide) groups is 1. The molecule has 0 aromatic heterocycles. The number of carbonyl (C=O) groups is 1. The highest BCUT2D eigenvalue weighted by Crippen LogP contribution is 2.39. The van der Waals surface area contributed by atoms with E-state index in [-0.39, 0.29) is 5.91 Å². The first-order valence-corrected chi connectivity index (χ1v) is 8.61. The Kier molecular flexibility index (Phi) is 4.66. The van der Waals surface area contributed by atoms with Crippen molar-refractivity contribution in [2.24, 2.45) is 0 Å². The van der Waals surface area contributed by atoms with Crippen molar-refractivity contribution in [3.8, 4) is 0 Å². The van der Waals surface area contributed by atoms with Crippen molar-refractivity contribution in [1.82, 2.24) is 4.90 Å². The number of benzene rings is 2. The van der Waals surface area contributed by atoms with Crippen LogP contribution in [0, 0.1) is 11.6 Å². The van der Waals surface area contributed by atoms with Crippen molar-refractivity contribution >= 4 is 17.7 Å². The van der Waals surface area contributed by atoms with E-state index >= 15 is 0 Å². The summed E-state index contributed by atoms with van der Waals surface area (Å²) in [5.41, 5.74) is 2.11. The maximum atomic E-state index is 14.0. The van der Waals surface area contributed by atoms with Crippen LogP contribution in [0.15, 0.2) is 42.5 Å². The van der Waals surface area contributed by atoms with Gasteiger partial charge in [0, 0.05) is 29.5 Å². The minimum Gasteiger partial charge on any atom is -0.322 e. The fourth-order valence-electron chi connectivity index (χ4n) is 2.69. The lowest BCUT2D eigenvalue weighted by Crippen LogP contribution is -2.30. The Labute approximate surface area is 138 Å². The van der Waals surface area contributed by atoms with E-state index in [1.165, 1.54) is 29.5 Å². The van der Waals surface area contributed by atoms with Crippen molar-refractivity contribution in [1.29, 1.82) is 0 Å². The first-order valence-electron chi connectivity index (χ1n) is 7.56. The first kappa shape index (κ1) is 16.0. The highest BCUT2D eigenvalue weighted by atomic mass is 32.2. The Balaban J connectivity index is 1.86. The van der Waals surface area contributed by atoms with Crippen molar-refractivity contribution in [3.05, 3.63) is 70.8 Å². The summed E-state index contributed by atoms with van der Waals surface area (Å²) in [5, 5.41) is -0.408. The van der Waals surface area contributed by atoms with Gasteiger partial charge in [-0.3, -0.25) is 4.79 Å². The number of halogens is 2. The van der Waals surface area contributed by atoms with Gasteiger partial charge in [-0.25, -0.2) is 8.78 Å². The molecule has 3 rings (SSSR count). The highest BCUT2D eigenvalue weighted by Gasteiger charge is 2.33. The lowest BCUT2D eigenvalue weighted by Gasteiger charge is -2.24. The summed E-state index contributed by atoms with van der Waals surface area (Å²) in [5.74, 6) is -0.600. The Morgan fingerprint density at radius 1 is 1.22 bits per heavy atom. The van der Waals surface area contributed by atoms with Crippen LogP contribution in [0.3, 0.4) is 0 Å². The van der Waals surface area contributed by atoms with Crippen LogP contribution in [0.5, 0.6) is 0 Å². The molecule has 1 saturated heterocycles. The van der Waals surface area contributed by atoms with Gasteiger partial charge in [-0.2, -0.15) is 0 Å². The third kappa shape index (κ3) is 3.24. The molecule has 0 N–H and O–H groups in total. The van der Waals surface area contributed by atoms with Crippen LogP contribution in [0.25, 0.3) is 0 Å². The van der Waals surface area contributed by atoms with Crippen LogP contribution < -0.4 is 0 Å². The van der Waals surface area contributed by atoms with Gasteiger partial charge in [-0.05, 0) is 30.2 Å². The fourth-order valence-corrected chi connectivity index (χ4v) is 3.96. The molecule has 1 aliphatic rings. The molecule has 5 heteroatoms. The van der Waals surface area contributed by atoms with Gasteiger partial charge in [0.1, 0.15) is 17.0 Å². The lowest BCUT2D eigenvalue weighted by molar-refractivity contribution is 0.0759. The fraction of sp³-hybridized carbons (Fsp3) is 0.278.